The molecule has 0 saturated carbocycles. The van der Waals surface area contributed by atoms with Crippen LogP contribution in [0.15, 0.2) is 0 Å². The summed E-state index contributed by atoms with van der Waals surface area (Å²) in [6, 6.07) is -0.0218. The van der Waals surface area contributed by atoms with Crippen LogP contribution in [0.4, 0.5) is 4.79 Å². The molecule has 1 N–H and O–H groups in total. The molecule has 0 aliphatic rings. The molecule has 0 saturated heterocycles. The fraction of sp³-hybridized carbons (Fsp3) is 0.923. The highest BCUT2D eigenvalue weighted by atomic mass is 16.6. The Kier molecular flexibility index (Phi) is 7.96. The van der Waals surface area contributed by atoms with E-state index in [0.717, 1.165) is 13.0 Å². The summed E-state index contributed by atoms with van der Waals surface area (Å²) in [7, 11) is 0. The molecule has 0 fully saturated rings. The molecule has 0 aliphatic carbocycles. The van der Waals surface area contributed by atoms with E-state index in [9.17, 15) is 4.79 Å². The summed E-state index contributed by atoms with van der Waals surface area (Å²) in [6.45, 7) is 10.9. The minimum absolute atomic E-state index is 0.0218. The van der Waals surface area contributed by atoms with E-state index in [1.807, 2.05) is 27.7 Å². The average molecular weight is 245 g/mol. The Bertz CT molecular complexity index is 211. The summed E-state index contributed by atoms with van der Waals surface area (Å²) in [5.74, 6) is 0. The van der Waals surface area contributed by atoms with E-state index in [1.54, 1.807) is 0 Å². The molecule has 0 heterocycles. The normalized spacial score (nSPS) is 13.2. The van der Waals surface area contributed by atoms with Crippen LogP contribution < -0.4 is 5.32 Å². The van der Waals surface area contributed by atoms with Crippen molar-refractivity contribution in [3.8, 4) is 0 Å². The summed E-state index contributed by atoms with van der Waals surface area (Å²) in [6.07, 6.45) is 3.07. The molecule has 0 spiro atoms. The van der Waals surface area contributed by atoms with Gasteiger partial charge in [-0.3, -0.25) is 0 Å². The highest BCUT2D eigenvalue weighted by molar-refractivity contribution is 5.68. The van der Waals surface area contributed by atoms with Gasteiger partial charge in [-0.1, -0.05) is 19.8 Å². The second-order valence-electron chi connectivity index (χ2n) is 5.33. The summed E-state index contributed by atoms with van der Waals surface area (Å²) in [5, 5.41) is 2.74. The van der Waals surface area contributed by atoms with Gasteiger partial charge in [0.15, 0.2) is 0 Å². The van der Waals surface area contributed by atoms with Crippen molar-refractivity contribution in [3.05, 3.63) is 0 Å². The first-order valence-electron chi connectivity index (χ1n) is 6.42. The lowest BCUT2D eigenvalue weighted by molar-refractivity contribution is 0.0451. The Morgan fingerprint density at radius 1 is 1.29 bits per heavy atom. The smallest absolute Gasteiger partial charge is 0.407 e. The van der Waals surface area contributed by atoms with E-state index in [2.05, 4.69) is 12.2 Å². The van der Waals surface area contributed by atoms with E-state index in [1.165, 1.54) is 12.8 Å². The molecule has 0 radical (unpaired) electrons. The van der Waals surface area contributed by atoms with Gasteiger partial charge in [0.05, 0.1) is 12.6 Å². The highest BCUT2D eigenvalue weighted by Crippen LogP contribution is 2.06. The molecule has 0 aromatic carbocycles. The predicted molar refractivity (Wildman–Crippen MR) is 69.2 cm³/mol. The number of amides is 1. The number of hydrogen-bond acceptors (Lipinski definition) is 3. The molecule has 0 aliphatic heterocycles. The molecule has 17 heavy (non-hydrogen) atoms. The fourth-order valence-corrected chi connectivity index (χ4v) is 1.26. The third-order valence-corrected chi connectivity index (χ3v) is 2.02. The summed E-state index contributed by atoms with van der Waals surface area (Å²) in [5.41, 5.74) is -0.453. The number of hydrogen-bond donors (Lipinski definition) is 1. The predicted octanol–water partition coefficient (Wildman–Crippen LogP) is 3.11. The van der Waals surface area contributed by atoms with Crippen LogP contribution in [0.2, 0.25) is 0 Å². The van der Waals surface area contributed by atoms with Gasteiger partial charge in [0.25, 0.3) is 0 Å². The molecule has 4 heteroatoms. The standard InChI is InChI=1S/C13H27NO3/c1-6-7-8-9-16-10-11(2)14-12(15)17-13(3,4)5/h11H,6-10H2,1-5H3,(H,14,15)/t11-/m0/s1. The minimum atomic E-state index is -0.453. The van der Waals surface area contributed by atoms with Crippen molar-refractivity contribution >= 4 is 6.09 Å². The molecule has 4 nitrogen and oxygen atoms in total. The summed E-state index contributed by atoms with van der Waals surface area (Å²) >= 11 is 0. The van der Waals surface area contributed by atoms with E-state index in [0.29, 0.717) is 6.61 Å². The molecule has 0 rings (SSSR count). The number of nitrogens with one attached hydrogen (secondary N) is 1. The van der Waals surface area contributed by atoms with Crippen LogP contribution >= 0.6 is 0 Å². The van der Waals surface area contributed by atoms with Gasteiger partial charge in [-0.25, -0.2) is 4.79 Å². The zero-order valence-electron chi connectivity index (χ0n) is 11.8. The van der Waals surface area contributed by atoms with Gasteiger partial charge >= 0.3 is 6.09 Å². The number of rotatable bonds is 7. The van der Waals surface area contributed by atoms with E-state index < -0.39 is 5.60 Å². The Balaban J connectivity index is 3.57. The first-order valence-corrected chi connectivity index (χ1v) is 6.42. The SMILES string of the molecule is CCCCCOC[C@H](C)NC(=O)OC(C)(C)C. The number of unbranched alkanes of at least 4 members (excludes halogenated alkanes) is 2. The fourth-order valence-electron chi connectivity index (χ4n) is 1.26. The van der Waals surface area contributed by atoms with Crippen molar-refractivity contribution in [2.45, 2.75) is 65.5 Å². The van der Waals surface area contributed by atoms with Crippen LogP contribution in [0.5, 0.6) is 0 Å². The first-order chi connectivity index (χ1) is 7.85. The quantitative estimate of drug-likeness (QED) is 0.701. The minimum Gasteiger partial charge on any atom is -0.444 e. The summed E-state index contributed by atoms with van der Waals surface area (Å²) in [4.78, 5) is 11.4. The highest BCUT2D eigenvalue weighted by Gasteiger charge is 2.17. The lowest BCUT2D eigenvalue weighted by Crippen LogP contribution is -2.39. The maximum absolute atomic E-state index is 11.4. The lowest BCUT2D eigenvalue weighted by Gasteiger charge is -2.21. The van der Waals surface area contributed by atoms with Crippen LogP contribution in [0.25, 0.3) is 0 Å². The Labute approximate surface area is 105 Å². The van der Waals surface area contributed by atoms with E-state index in [-0.39, 0.29) is 12.1 Å². The Morgan fingerprint density at radius 3 is 2.47 bits per heavy atom. The molecule has 0 bridgehead atoms. The van der Waals surface area contributed by atoms with Crippen LogP contribution in [-0.2, 0) is 9.47 Å². The van der Waals surface area contributed by atoms with Crippen molar-refractivity contribution in [2.24, 2.45) is 0 Å². The van der Waals surface area contributed by atoms with Gasteiger partial charge in [-0.15, -0.1) is 0 Å². The molecule has 1 atom stereocenters. The van der Waals surface area contributed by atoms with Crippen LogP contribution in [-0.4, -0.2) is 30.9 Å². The second kappa shape index (κ2) is 8.34. The van der Waals surface area contributed by atoms with Gasteiger partial charge < -0.3 is 14.8 Å². The van der Waals surface area contributed by atoms with Crippen LogP contribution in [0.3, 0.4) is 0 Å². The third kappa shape index (κ3) is 11.5. The van der Waals surface area contributed by atoms with Crippen molar-refractivity contribution in [2.75, 3.05) is 13.2 Å². The van der Waals surface area contributed by atoms with Crippen molar-refractivity contribution in [1.82, 2.24) is 5.32 Å². The Hall–Kier alpha value is -0.770. The molecule has 102 valence electrons. The number of alkyl carbamates (subject to hydrolysis) is 1. The van der Waals surface area contributed by atoms with Gasteiger partial charge in [-0.2, -0.15) is 0 Å². The lowest BCUT2D eigenvalue weighted by atomic mass is 10.2. The maximum atomic E-state index is 11.4. The molecular formula is C13H27NO3. The zero-order valence-corrected chi connectivity index (χ0v) is 11.8. The van der Waals surface area contributed by atoms with E-state index >= 15 is 0 Å². The van der Waals surface area contributed by atoms with Crippen LogP contribution in [0.1, 0.15) is 53.9 Å². The molecule has 0 unspecified atom stereocenters. The van der Waals surface area contributed by atoms with Crippen LogP contribution in [0, 0.1) is 0 Å². The van der Waals surface area contributed by atoms with Gasteiger partial charge in [0.2, 0.25) is 0 Å². The Morgan fingerprint density at radius 2 is 1.94 bits per heavy atom. The largest absolute Gasteiger partial charge is 0.444 e. The summed E-state index contributed by atoms with van der Waals surface area (Å²) < 4.78 is 10.6. The molecule has 0 aromatic rings. The topological polar surface area (TPSA) is 47.6 Å². The van der Waals surface area contributed by atoms with Crippen molar-refractivity contribution in [1.29, 1.82) is 0 Å². The van der Waals surface area contributed by atoms with Gasteiger partial charge in [0, 0.05) is 6.61 Å². The average Bonchev–Trinajstić information content (AvgIpc) is 2.14. The zero-order chi connectivity index (χ0) is 13.3. The first kappa shape index (κ1) is 16.2. The van der Waals surface area contributed by atoms with Crippen molar-refractivity contribution in [3.63, 3.8) is 0 Å². The second-order valence-corrected chi connectivity index (χ2v) is 5.33. The van der Waals surface area contributed by atoms with Gasteiger partial charge in [0.1, 0.15) is 5.60 Å². The van der Waals surface area contributed by atoms with E-state index in [4.69, 9.17) is 9.47 Å². The monoisotopic (exact) mass is 245 g/mol. The molecular weight excluding hydrogens is 218 g/mol. The van der Waals surface area contributed by atoms with Crippen molar-refractivity contribution < 1.29 is 14.3 Å². The number of carbonyl (C=O) groups excluding carboxylic acids is 1. The maximum Gasteiger partial charge on any atom is 0.407 e. The number of ether oxygens (including phenoxy) is 2. The third-order valence-electron chi connectivity index (χ3n) is 2.02. The molecule has 1 amide bonds. The van der Waals surface area contributed by atoms with Gasteiger partial charge in [-0.05, 0) is 34.1 Å². The molecule has 0 aromatic heterocycles. The number of carbonyl (C=O) groups is 1.